The largest absolute Gasteiger partial charge is 0.379 e. The van der Waals surface area contributed by atoms with E-state index in [4.69, 9.17) is 4.74 Å². The Labute approximate surface area is 153 Å². The highest BCUT2D eigenvalue weighted by molar-refractivity contribution is 5.96. The molecule has 1 aromatic rings. The Kier molecular flexibility index (Phi) is 4.93. The quantitative estimate of drug-likeness (QED) is 0.829. The number of benzene rings is 1. The summed E-state index contributed by atoms with van der Waals surface area (Å²) in [6.45, 7) is 5.83. The van der Waals surface area contributed by atoms with Crippen LogP contribution < -0.4 is 15.5 Å². The highest BCUT2D eigenvalue weighted by Gasteiger charge is 2.35. The second kappa shape index (κ2) is 7.34. The molecule has 0 aliphatic carbocycles. The van der Waals surface area contributed by atoms with E-state index >= 15 is 0 Å². The van der Waals surface area contributed by atoms with Crippen LogP contribution in [0.15, 0.2) is 24.3 Å². The van der Waals surface area contributed by atoms with Crippen LogP contribution in [0, 0.1) is 0 Å². The number of ether oxygens (including phenoxy) is 1. The fourth-order valence-corrected chi connectivity index (χ4v) is 4.14. The van der Waals surface area contributed by atoms with Crippen molar-refractivity contribution in [1.29, 1.82) is 0 Å². The molecule has 0 bridgehead atoms. The molecule has 2 N–H and O–H groups in total. The molecule has 0 saturated carbocycles. The van der Waals surface area contributed by atoms with Crippen LogP contribution in [-0.4, -0.2) is 61.9 Å². The molecule has 2 amide bonds. The predicted octanol–water partition coefficient (Wildman–Crippen LogP) is 0.621. The van der Waals surface area contributed by atoms with E-state index in [2.05, 4.69) is 28.5 Å². The summed E-state index contributed by atoms with van der Waals surface area (Å²) < 4.78 is 5.39. The summed E-state index contributed by atoms with van der Waals surface area (Å²) in [5.74, 6) is 0.376. The molecule has 26 heavy (non-hydrogen) atoms. The summed E-state index contributed by atoms with van der Waals surface area (Å²) in [5.41, 5.74) is 2.21. The third-order valence-electron chi connectivity index (χ3n) is 5.49. The molecule has 7 heteroatoms. The molecule has 140 valence electrons. The summed E-state index contributed by atoms with van der Waals surface area (Å²) in [7, 11) is 0. The number of amides is 2. The van der Waals surface area contributed by atoms with Gasteiger partial charge in [-0.25, -0.2) is 0 Å². The van der Waals surface area contributed by atoms with Gasteiger partial charge in [-0.3, -0.25) is 19.8 Å². The summed E-state index contributed by atoms with van der Waals surface area (Å²) in [6.07, 6.45) is 0.303. The van der Waals surface area contributed by atoms with Gasteiger partial charge in [0.2, 0.25) is 11.8 Å². The van der Waals surface area contributed by atoms with E-state index in [1.54, 1.807) is 0 Å². The topological polar surface area (TPSA) is 73.9 Å². The van der Waals surface area contributed by atoms with Gasteiger partial charge in [0.1, 0.15) is 0 Å². The molecule has 3 aliphatic rings. The fourth-order valence-electron chi connectivity index (χ4n) is 4.14. The monoisotopic (exact) mass is 358 g/mol. The Hall–Kier alpha value is -1.96. The van der Waals surface area contributed by atoms with Crippen LogP contribution in [0.5, 0.6) is 0 Å². The Morgan fingerprint density at radius 3 is 2.85 bits per heavy atom. The van der Waals surface area contributed by atoms with E-state index in [1.807, 2.05) is 23.1 Å². The highest BCUT2D eigenvalue weighted by Crippen LogP contribution is 2.36. The molecule has 3 atom stereocenters. The number of nitrogens with one attached hydrogen (secondary N) is 2. The third-order valence-corrected chi connectivity index (χ3v) is 5.49. The number of nitrogens with zero attached hydrogens (tertiary/aromatic N) is 2. The second-order valence-electron chi connectivity index (χ2n) is 7.32. The fraction of sp³-hybridized carbons (Fsp3) is 0.579. The smallest absolute Gasteiger partial charge is 0.230 e. The predicted molar refractivity (Wildman–Crippen MR) is 97.7 cm³/mol. The van der Waals surface area contributed by atoms with Gasteiger partial charge in [0.15, 0.2) is 0 Å². The molecule has 7 nitrogen and oxygen atoms in total. The van der Waals surface area contributed by atoms with Crippen molar-refractivity contribution in [1.82, 2.24) is 15.5 Å². The number of hydrogen-bond donors (Lipinski definition) is 2. The first-order valence-corrected chi connectivity index (χ1v) is 9.38. The number of carbonyl (C=O) groups excluding carboxylic acids is 2. The number of hydrogen-bond acceptors (Lipinski definition) is 5. The van der Waals surface area contributed by atoms with Crippen LogP contribution in [0.25, 0.3) is 0 Å². The lowest BCUT2D eigenvalue weighted by Gasteiger charge is -2.40. The van der Waals surface area contributed by atoms with Crippen LogP contribution in [0.3, 0.4) is 0 Å². The van der Waals surface area contributed by atoms with E-state index in [9.17, 15) is 9.59 Å². The molecule has 2 saturated heterocycles. The average molecular weight is 358 g/mol. The van der Waals surface area contributed by atoms with Crippen molar-refractivity contribution in [3.05, 3.63) is 29.8 Å². The molecular formula is C19H26N4O3. The molecule has 0 aromatic heterocycles. The van der Waals surface area contributed by atoms with E-state index in [0.29, 0.717) is 32.1 Å². The van der Waals surface area contributed by atoms with Gasteiger partial charge in [-0.1, -0.05) is 25.1 Å². The Bertz CT molecular complexity index is 689. The van der Waals surface area contributed by atoms with E-state index in [0.717, 1.165) is 18.8 Å². The average Bonchev–Trinajstić information content (AvgIpc) is 2.99. The molecule has 3 heterocycles. The summed E-state index contributed by atoms with van der Waals surface area (Å²) in [5, 5.41) is 6.35. The van der Waals surface area contributed by atoms with Crippen molar-refractivity contribution in [2.75, 3.05) is 37.7 Å². The molecular weight excluding hydrogens is 332 g/mol. The van der Waals surface area contributed by atoms with E-state index in [-0.39, 0.29) is 30.6 Å². The summed E-state index contributed by atoms with van der Waals surface area (Å²) >= 11 is 0. The maximum absolute atomic E-state index is 12.9. The van der Waals surface area contributed by atoms with Crippen molar-refractivity contribution in [3.8, 4) is 0 Å². The first-order valence-electron chi connectivity index (χ1n) is 9.38. The molecule has 0 radical (unpaired) electrons. The zero-order valence-corrected chi connectivity index (χ0v) is 15.1. The standard InChI is InChI=1S/C19H26N4O3/c1-13-12-23(15-5-3-2-4-14(13)15)19(25)10-16-20-17(11-18(24)21-16)22-6-8-26-9-7-22/h2-5,13,16-17,20H,6-12H2,1H3,(H,21,24)/t13-,16?,17?/m0/s1. The van der Waals surface area contributed by atoms with E-state index in [1.165, 1.54) is 5.56 Å². The Balaban J connectivity index is 1.42. The minimum atomic E-state index is -0.334. The van der Waals surface area contributed by atoms with Gasteiger partial charge in [-0.15, -0.1) is 0 Å². The third kappa shape index (κ3) is 3.47. The maximum atomic E-state index is 12.9. The highest BCUT2D eigenvalue weighted by atomic mass is 16.5. The van der Waals surface area contributed by atoms with Gasteiger partial charge in [-0.2, -0.15) is 0 Å². The number of morpholine rings is 1. The first kappa shape index (κ1) is 17.5. The van der Waals surface area contributed by atoms with Crippen molar-refractivity contribution < 1.29 is 14.3 Å². The number of anilines is 1. The number of rotatable bonds is 3. The summed E-state index contributed by atoms with van der Waals surface area (Å²) in [4.78, 5) is 29.1. The van der Waals surface area contributed by atoms with Crippen LogP contribution in [-0.2, 0) is 14.3 Å². The number of para-hydroxylation sites is 1. The van der Waals surface area contributed by atoms with Gasteiger partial charge in [-0.05, 0) is 11.6 Å². The van der Waals surface area contributed by atoms with Gasteiger partial charge < -0.3 is 15.0 Å². The number of carbonyl (C=O) groups is 2. The van der Waals surface area contributed by atoms with Crippen LogP contribution in [0.2, 0.25) is 0 Å². The first-order chi connectivity index (χ1) is 12.6. The Morgan fingerprint density at radius 2 is 2.04 bits per heavy atom. The molecule has 4 rings (SSSR count). The van der Waals surface area contributed by atoms with Crippen molar-refractivity contribution >= 4 is 17.5 Å². The van der Waals surface area contributed by atoms with Crippen molar-refractivity contribution in [2.45, 2.75) is 38.0 Å². The van der Waals surface area contributed by atoms with Gasteiger partial charge in [0.05, 0.1) is 38.4 Å². The summed E-state index contributed by atoms with van der Waals surface area (Å²) in [6, 6.07) is 8.06. The lowest BCUT2D eigenvalue weighted by atomic mass is 10.0. The molecule has 3 aliphatic heterocycles. The molecule has 2 fully saturated rings. The maximum Gasteiger partial charge on any atom is 0.230 e. The minimum Gasteiger partial charge on any atom is -0.379 e. The van der Waals surface area contributed by atoms with Crippen LogP contribution in [0.1, 0.15) is 31.2 Å². The lowest BCUT2D eigenvalue weighted by Crippen LogP contribution is -2.63. The van der Waals surface area contributed by atoms with Crippen molar-refractivity contribution in [3.63, 3.8) is 0 Å². The zero-order chi connectivity index (χ0) is 18.1. The zero-order valence-electron chi connectivity index (χ0n) is 15.1. The molecule has 2 unspecified atom stereocenters. The second-order valence-corrected chi connectivity index (χ2v) is 7.32. The molecule has 1 aromatic carbocycles. The number of fused-ring (bicyclic) bond motifs is 1. The van der Waals surface area contributed by atoms with E-state index < -0.39 is 0 Å². The molecule has 0 spiro atoms. The van der Waals surface area contributed by atoms with Gasteiger partial charge in [0, 0.05) is 31.2 Å². The van der Waals surface area contributed by atoms with Crippen LogP contribution >= 0.6 is 0 Å². The normalized spacial score (nSPS) is 29.3. The SMILES string of the molecule is C[C@H]1CN(C(=O)CC2NC(=O)CC(N3CCOCC3)N2)c2ccccc21. The van der Waals surface area contributed by atoms with Gasteiger partial charge in [0.25, 0.3) is 0 Å². The van der Waals surface area contributed by atoms with Crippen LogP contribution in [0.4, 0.5) is 5.69 Å². The van der Waals surface area contributed by atoms with Gasteiger partial charge >= 0.3 is 0 Å². The lowest BCUT2D eigenvalue weighted by molar-refractivity contribution is -0.128. The minimum absolute atomic E-state index is 0.00627. The Morgan fingerprint density at radius 1 is 1.27 bits per heavy atom. The van der Waals surface area contributed by atoms with Crippen molar-refractivity contribution in [2.24, 2.45) is 0 Å².